The zero-order chi connectivity index (χ0) is 8.39. The Morgan fingerprint density at radius 2 is 1.92 bits per heavy atom. The second-order valence-corrected chi connectivity index (χ2v) is 4.80. The third-order valence-corrected chi connectivity index (χ3v) is 4.07. The summed E-state index contributed by atoms with van der Waals surface area (Å²) in [6, 6.07) is 0. The maximum atomic E-state index is 5.68. The van der Waals surface area contributed by atoms with Crippen LogP contribution < -0.4 is 0 Å². The van der Waals surface area contributed by atoms with Crippen LogP contribution in [0.5, 0.6) is 0 Å². The number of hydrogen-bond donors (Lipinski definition) is 0. The zero-order valence-electron chi connectivity index (χ0n) is 7.47. The third kappa shape index (κ3) is 1.85. The van der Waals surface area contributed by atoms with E-state index in [9.17, 15) is 0 Å². The van der Waals surface area contributed by atoms with E-state index in [2.05, 4.69) is 15.9 Å². The van der Waals surface area contributed by atoms with Gasteiger partial charge in [0.05, 0.1) is 12.7 Å². The summed E-state index contributed by atoms with van der Waals surface area (Å²) in [5.74, 6) is 1.88. The molecular formula is C10H17BrO. The Morgan fingerprint density at radius 3 is 2.50 bits per heavy atom. The van der Waals surface area contributed by atoms with Crippen molar-refractivity contribution < 1.29 is 4.74 Å². The van der Waals surface area contributed by atoms with Crippen molar-refractivity contribution in [2.45, 2.75) is 38.2 Å². The smallest absolute Gasteiger partial charge is 0.0675 e. The summed E-state index contributed by atoms with van der Waals surface area (Å²) in [5.41, 5.74) is 0. The van der Waals surface area contributed by atoms with E-state index in [1.54, 1.807) is 0 Å². The molecule has 2 atom stereocenters. The van der Waals surface area contributed by atoms with E-state index in [4.69, 9.17) is 4.74 Å². The molecule has 1 aliphatic heterocycles. The molecule has 0 spiro atoms. The Hall–Kier alpha value is 0.440. The van der Waals surface area contributed by atoms with Crippen molar-refractivity contribution in [3.8, 4) is 0 Å². The fraction of sp³-hybridized carbons (Fsp3) is 1.00. The molecule has 1 nitrogen and oxygen atoms in total. The summed E-state index contributed by atoms with van der Waals surface area (Å²) in [5, 5.41) is 1.02. The molecule has 2 heteroatoms. The highest BCUT2D eigenvalue weighted by atomic mass is 79.9. The van der Waals surface area contributed by atoms with Crippen molar-refractivity contribution in [2.75, 3.05) is 11.9 Å². The molecule has 2 aliphatic rings. The minimum atomic E-state index is 0.510. The molecule has 2 rings (SSSR count). The van der Waals surface area contributed by atoms with E-state index < -0.39 is 0 Å². The summed E-state index contributed by atoms with van der Waals surface area (Å²) in [6.07, 6.45) is 7.65. The van der Waals surface area contributed by atoms with Gasteiger partial charge in [0.25, 0.3) is 0 Å². The van der Waals surface area contributed by atoms with Gasteiger partial charge >= 0.3 is 0 Å². The van der Waals surface area contributed by atoms with Crippen LogP contribution in [0.3, 0.4) is 0 Å². The molecule has 1 aliphatic carbocycles. The maximum absolute atomic E-state index is 5.68. The van der Waals surface area contributed by atoms with Gasteiger partial charge in [0.2, 0.25) is 0 Å². The van der Waals surface area contributed by atoms with Crippen LogP contribution in [0.2, 0.25) is 0 Å². The van der Waals surface area contributed by atoms with Crippen LogP contribution in [0.1, 0.15) is 32.1 Å². The van der Waals surface area contributed by atoms with E-state index in [1.807, 2.05) is 0 Å². The number of alkyl halides is 1. The molecular weight excluding hydrogens is 216 g/mol. The molecule has 1 saturated carbocycles. The Bertz CT molecular complexity index is 143. The number of hydrogen-bond acceptors (Lipinski definition) is 1. The van der Waals surface area contributed by atoms with E-state index in [-0.39, 0.29) is 0 Å². The zero-order valence-corrected chi connectivity index (χ0v) is 9.05. The Labute approximate surface area is 83.0 Å². The number of ether oxygens (including phenoxy) is 1. The van der Waals surface area contributed by atoms with Crippen LogP contribution in [0.15, 0.2) is 0 Å². The van der Waals surface area contributed by atoms with Crippen LogP contribution in [-0.4, -0.2) is 18.0 Å². The first-order chi connectivity index (χ1) is 5.90. The molecule has 0 aromatic carbocycles. The summed E-state index contributed by atoms with van der Waals surface area (Å²) in [7, 11) is 0. The number of halogens is 1. The predicted octanol–water partition coefficient (Wildman–Crippen LogP) is 2.98. The van der Waals surface area contributed by atoms with Crippen molar-refractivity contribution in [3.05, 3.63) is 0 Å². The molecule has 0 N–H and O–H groups in total. The van der Waals surface area contributed by atoms with Gasteiger partial charge in [0.1, 0.15) is 0 Å². The summed E-state index contributed by atoms with van der Waals surface area (Å²) in [4.78, 5) is 0. The third-order valence-electron chi connectivity index (χ3n) is 3.35. The highest BCUT2D eigenvalue weighted by Crippen LogP contribution is 2.37. The van der Waals surface area contributed by atoms with Gasteiger partial charge in [-0.05, 0) is 18.3 Å². The monoisotopic (exact) mass is 232 g/mol. The molecule has 0 amide bonds. The van der Waals surface area contributed by atoms with Gasteiger partial charge in [-0.2, -0.15) is 0 Å². The minimum absolute atomic E-state index is 0.510. The van der Waals surface area contributed by atoms with Gasteiger partial charge in [-0.15, -0.1) is 0 Å². The molecule has 0 unspecified atom stereocenters. The summed E-state index contributed by atoms with van der Waals surface area (Å²) >= 11 is 3.49. The van der Waals surface area contributed by atoms with Crippen LogP contribution >= 0.6 is 15.9 Å². The van der Waals surface area contributed by atoms with E-state index in [0.29, 0.717) is 6.10 Å². The average Bonchev–Trinajstić information content (AvgIpc) is 2.75. The van der Waals surface area contributed by atoms with Gasteiger partial charge in [-0.1, -0.05) is 41.6 Å². The largest absolute Gasteiger partial charge is 0.377 e. The van der Waals surface area contributed by atoms with Crippen molar-refractivity contribution in [3.63, 3.8) is 0 Å². The lowest BCUT2D eigenvalue weighted by molar-refractivity contribution is 0.119. The fourth-order valence-electron chi connectivity index (χ4n) is 2.60. The minimum Gasteiger partial charge on any atom is -0.377 e. The van der Waals surface area contributed by atoms with Crippen LogP contribution in [0.4, 0.5) is 0 Å². The summed E-state index contributed by atoms with van der Waals surface area (Å²) in [6.45, 7) is 1.03. The van der Waals surface area contributed by atoms with E-state index in [1.165, 1.54) is 32.1 Å². The maximum Gasteiger partial charge on any atom is 0.0675 e. The summed E-state index contributed by atoms with van der Waals surface area (Å²) < 4.78 is 5.68. The normalized spacial score (nSPS) is 37.8. The molecule has 70 valence electrons. The first-order valence-electron chi connectivity index (χ1n) is 5.07. The van der Waals surface area contributed by atoms with Gasteiger partial charge < -0.3 is 4.74 Å². The van der Waals surface area contributed by atoms with Gasteiger partial charge in [0.15, 0.2) is 0 Å². The van der Waals surface area contributed by atoms with E-state index in [0.717, 1.165) is 23.8 Å². The lowest BCUT2D eigenvalue weighted by Gasteiger charge is -2.15. The number of rotatable bonds is 2. The fourth-order valence-corrected chi connectivity index (χ4v) is 3.05. The molecule has 1 saturated heterocycles. The second-order valence-electron chi connectivity index (χ2n) is 4.15. The van der Waals surface area contributed by atoms with Crippen LogP contribution in [-0.2, 0) is 4.74 Å². The SMILES string of the molecule is BrC[C@@H]1C[C@H](C2CCCC2)CO1. The van der Waals surface area contributed by atoms with Gasteiger partial charge in [-0.3, -0.25) is 0 Å². The van der Waals surface area contributed by atoms with Crippen molar-refractivity contribution in [1.29, 1.82) is 0 Å². The Kier molecular flexibility index (Phi) is 3.08. The van der Waals surface area contributed by atoms with Crippen molar-refractivity contribution in [1.82, 2.24) is 0 Å². The standard InChI is InChI=1S/C10H17BrO/c11-6-10-5-9(7-12-10)8-3-1-2-4-8/h8-10H,1-7H2/t9-,10-/m0/s1. The van der Waals surface area contributed by atoms with E-state index >= 15 is 0 Å². The first-order valence-corrected chi connectivity index (χ1v) is 6.20. The molecule has 1 heterocycles. The van der Waals surface area contributed by atoms with Crippen molar-refractivity contribution >= 4 is 15.9 Å². The van der Waals surface area contributed by atoms with Gasteiger partial charge in [0, 0.05) is 5.33 Å². The quantitative estimate of drug-likeness (QED) is 0.666. The highest BCUT2D eigenvalue weighted by molar-refractivity contribution is 9.09. The lowest BCUT2D eigenvalue weighted by atomic mass is 9.89. The Balaban J connectivity index is 1.81. The molecule has 2 fully saturated rings. The molecule has 12 heavy (non-hydrogen) atoms. The Morgan fingerprint density at radius 1 is 1.17 bits per heavy atom. The topological polar surface area (TPSA) is 9.23 Å². The predicted molar refractivity (Wildman–Crippen MR) is 53.6 cm³/mol. The van der Waals surface area contributed by atoms with Crippen LogP contribution in [0, 0.1) is 11.8 Å². The molecule has 0 aromatic heterocycles. The highest BCUT2D eigenvalue weighted by Gasteiger charge is 2.32. The lowest BCUT2D eigenvalue weighted by Crippen LogP contribution is -2.11. The average molecular weight is 233 g/mol. The molecule has 0 radical (unpaired) electrons. The van der Waals surface area contributed by atoms with Gasteiger partial charge in [-0.25, -0.2) is 0 Å². The molecule has 0 aromatic rings. The molecule has 0 bridgehead atoms. The first kappa shape index (κ1) is 9.01. The second kappa shape index (κ2) is 4.10. The van der Waals surface area contributed by atoms with Crippen molar-refractivity contribution in [2.24, 2.45) is 11.8 Å². The van der Waals surface area contributed by atoms with Crippen LogP contribution in [0.25, 0.3) is 0 Å².